The Morgan fingerprint density at radius 2 is 2.16 bits per heavy atom. The van der Waals surface area contributed by atoms with E-state index in [1.807, 2.05) is 20.8 Å². The largest absolute Gasteiger partial charge is 0.399 e. The second-order valence-corrected chi connectivity index (χ2v) is 4.56. The molecule has 1 atom stereocenters. The van der Waals surface area contributed by atoms with Crippen molar-refractivity contribution in [1.29, 1.82) is 0 Å². The first-order chi connectivity index (χ1) is 8.99. The Labute approximate surface area is 111 Å². The van der Waals surface area contributed by atoms with Crippen LogP contribution in [-0.2, 0) is 0 Å². The number of hydrogen-bond donors (Lipinski definition) is 2. The highest BCUT2D eigenvalue weighted by Gasteiger charge is 2.18. The van der Waals surface area contributed by atoms with Gasteiger partial charge in [0.2, 0.25) is 0 Å². The Morgan fingerprint density at radius 1 is 1.42 bits per heavy atom. The van der Waals surface area contributed by atoms with Crippen LogP contribution in [0.4, 0.5) is 5.69 Å². The predicted molar refractivity (Wildman–Crippen MR) is 72.7 cm³/mol. The average Bonchev–Trinajstić information content (AvgIpc) is 2.69. The monoisotopic (exact) mass is 259 g/mol. The van der Waals surface area contributed by atoms with Crippen molar-refractivity contribution in [2.24, 2.45) is 0 Å². The SMILES string of the molecule is Cc1noc(C)c1C(C)NC(=O)c1cccc(N)c1. The molecule has 2 aromatic rings. The summed E-state index contributed by atoms with van der Waals surface area (Å²) < 4.78 is 5.10. The zero-order valence-electron chi connectivity index (χ0n) is 11.2. The van der Waals surface area contributed by atoms with E-state index in [4.69, 9.17) is 10.3 Å². The summed E-state index contributed by atoms with van der Waals surface area (Å²) in [6.07, 6.45) is 0. The number of carbonyl (C=O) groups is 1. The van der Waals surface area contributed by atoms with Crippen LogP contribution in [0.5, 0.6) is 0 Å². The van der Waals surface area contributed by atoms with Gasteiger partial charge in [0.25, 0.3) is 5.91 Å². The van der Waals surface area contributed by atoms with E-state index in [-0.39, 0.29) is 11.9 Å². The third-order valence-corrected chi connectivity index (χ3v) is 3.02. The molecule has 0 bridgehead atoms. The normalized spacial score (nSPS) is 12.2. The molecule has 19 heavy (non-hydrogen) atoms. The zero-order chi connectivity index (χ0) is 14.0. The quantitative estimate of drug-likeness (QED) is 0.829. The van der Waals surface area contributed by atoms with E-state index in [0.717, 1.165) is 17.0 Å². The minimum Gasteiger partial charge on any atom is -0.399 e. The van der Waals surface area contributed by atoms with E-state index < -0.39 is 0 Å². The highest BCUT2D eigenvalue weighted by molar-refractivity contribution is 5.95. The molecule has 1 unspecified atom stereocenters. The Bertz CT molecular complexity index is 585. The minimum atomic E-state index is -0.167. The van der Waals surface area contributed by atoms with Crippen molar-refractivity contribution >= 4 is 11.6 Å². The Balaban J connectivity index is 2.15. The zero-order valence-corrected chi connectivity index (χ0v) is 11.2. The van der Waals surface area contributed by atoms with E-state index in [1.54, 1.807) is 24.3 Å². The van der Waals surface area contributed by atoms with Gasteiger partial charge in [0, 0.05) is 16.8 Å². The second kappa shape index (κ2) is 5.14. The number of anilines is 1. The summed E-state index contributed by atoms with van der Waals surface area (Å²) in [7, 11) is 0. The van der Waals surface area contributed by atoms with E-state index in [0.29, 0.717) is 11.3 Å². The highest BCUT2D eigenvalue weighted by Crippen LogP contribution is 2.21. The average molecular weight is 259 g/mol. The number of carbonyl (C=O) groups excluding carboxylic acids is 1. The molecule has 0 fully saturated rings. The molecular formula is C14H17N3O2. The van der Waals surface area contributed by atoms with Crippen LogP contribution in [-0.4, -0.2) is 11.1 Å². The standard InChI is InChI=1S/C14H17N3O2/c1-8(13-9(2)17-19-10(13)3)16-14(18)11-5-4-6-12(15)7-11/h4-8H,15H2,1-3H3,(H,16,18). The molecule has 0 aliphatic rings. The van der Waals surface area contributed by atoms with Crippen molar-refractivity contribution in [3.8, 4) is 0 Å². The summed E-state index contributed by atoms with van der Waals surface area (Å²) in [4.78, 5) is 12.1. The number of nitrogens with one attached hydrogen (secondary N) is 1. The number of benzene rings is 1. The molecule has 2 rings (SSSR count). The summed E-state index contributed by atoms with van der Waals surface area (Å²) in [5.74, 6) is 0.553. The van der Waals surface area contributed by atoms with Crippen molar-refractivity contribution in [3.05, 3.63) is 46.8 Å². The molecule has 1 aromatic heterocycles. The molecule has 1 aromatic carbocycles. The maximum Gasteiger partial charge on any atom is 0.251 e. The van der Waals surface area contributed by atoms with Gasteiger partial charge in [0.05, 0.1) is 11.7 Å². The van der Waals surface area contributed by atoms with E-state index in [9.17, 15) is 4.79 Å². The Morgan fingerprint density at radius 3 is 2.74 bits per heavy atom. The predicted octanol–water partition coefficient (Wildman–Crippen LogP) is 2.36. The van der Waals surface area contributed by atoms with Gasteiger partial charge < -0.3 is 15.6 Å². The van der Waals surface area contributed by atoms with Crippen LogP contribution in [0.15, 0.2) is 28.8 Å². The number of hydrogen-bond acceptors (Lipinski definition) is 4. The lowest BCUT2D eigenvalue weighted by molar-refractivity contribution is 0.0939. The van der Waals surface area contributed by atoms with E-state index in [2.05, 4.69) is 10.5 Å². The summed E-state index contributed by atoms with van der Waals surface area (Å²) in [5.41, 5.74) is 8.48. The first kappa shape index (κ1) is 13.1. The van der Waals surface area contributed by atoms with Gasteiger partial charge in [-0.1, -0.05) is 11.2 Å². The molecular weight excluding hydrogens is 242 g/mol. The van der Waals surface area contributed by atoms with Crippen molar-refractivity contribution in [2.45, 2.75) is 26.8 Å². The maximum atomic E-state index is 12.1. The molecule has 5 nitrogen and oxygen atoms in total. The number of nitrogens with zero attached hydrogens (tertiary/aromatic N) is 1. The van der Waals surface area contributed by atoms with Crippen molar-refractivity contribution < 1.29 is 9.32 Å². The third-order valence-electron chi connectivity index (χ3n) is 3.02. The summed E-state index contributed by atoms with van der Waals surface area (Å²) >= 11 is 0. The summed E-state index contributed by atoms with van der Waals surface area (Å²) in [5, 5.41) is 6.80. The Hall–Kier alpha value is -2.30. The first-order valence-electron chi connectivity index (χ1n) is 6.08. The third kappa shape index (κ3) is 2.76. The molecule has 0 aliphatic carbocycles. The molecule has 1 amide bonds. The molecule has 5 heteroatoms. The van der Waals surface area contributed by atoms with Gasteiger partial charge in [-0.05, 0) is 39.0 Å². The number of nitrogen functional groups attached to an aromatic ring is 1. The molecule has 0 radical (unpaired) electrons. The topological polar surface area (TPSA) is 81.2 Å². The lowest BCUT2D eigenvalue weighted by Gasteiger charge is -2.14. The van der Waals surface area contributed by atoms with Crippen LogP contribution in [0.2, 0.25) is 0 Å². The minimum absolute atomic E-state index is 0.166. The number of aromatic nitrogens is 1. The van der Waals surface area contributed by atoms with Crippen molar-refractivity contribution in [3.63, 3.8) is 0 Å². The Kier molecular flexibility index (Phi) is 3.55. The fourth-order valence-electron chi connectivity index (χ4n) is 2.14. The highest BCUT2D eigenvalue weighted by atomic mass is 16.5. The number of nitrogens with two attached hydrogens (primary N) is 1. The fourth-order valence-corrected chi connectivity index (χ4v) is 2.14. The van der Waals surface area contributed by atoms with Gasteiger partial charge in [-0.25, -0.2) is 0 Å². The van der Waals surface area contributed by atoms with E-state index in [1.165, 1.54) is 0 Å². The van der Waals surface area contributed by atoms with Gasteiger partial charge >= 0.3 is 0 Å². The van der Waals surface area contributed by atoms with Gasteiger partial charge in [-0.2, -0.15) is 0 Å². The molecule has 1 heterocycles. The summed E-state index contributed by atoms with van der Waals surface area (Å²) in [6, 6.07) is 6.71. The summed E-state index contributed by atoms with van der Waals surface area (Å²) in [6.45, 7) is 5.59. The number of rotatable bonds is 3. The lowest BCUT2D eigenvalue weighted by atomic mass is 10.1. The molecule has 0 aliphatic heterocycles. The molecule has 0 spiro atoms. The van der Waals surface area contributed by atoms with Crippen LogP contribution >= 0.6 is 0 Å². The van der Waals surface area contributed by atoms with Crippen molar-refractivity contribution in [1.82, 2.24) is 10.5 Å². The smallest absolute Gasteiger partial charge is 0.251 e. The van der Waals surface area contributed by atoms with Crippen molar-refractivity contribution in [2.75, 3.05) is 5.73 Å². The van der Waals surface area contributed by atoms with E-state index >= 15 is 0 Å². The van der Waals surface area contributed by atoms with Crippen LogP contribution in [0, 0.1) is 13.8 Å². The molecule has 100 valence electrons. The van der Waals surface area contributed by atoms with Gasteiger partial charge in [-0.3, -0.25) is 4.79 Å². The molecule has 3 N–H and O–H groups in total. The second-order valence-electron chi connectivity index (χ2n) is 4.56. The fraction of sp³-hybridized carbons (Fsp3) is 0.286. The van der Waals surface area contributed by atoms with Crippen LogP contribution in [0.1, 0.15) is 40.3 Å². The molecule has 0 saturated carbocycles. The molecule has 0 saturated heterocycles. The maximum absolute atomic E-state index is 12.1. The van der Waals surface area contributed by atoms with Gasteiger partial charge in [0.15, 0.2) is 0 Å². The number of aryl methyl sites for hydroxylation is 2. The van der Waals surface area contributed by atoms with Gasteiger partial charge in [0.1, 0.15) is 5.76 Å². The lowest BCUT2D eigenvalue weighted by Crippen LogP contribution is -2.27. The first-order valence-corrected chi connectivity index (χ1v) is 6.08. The van der Waals surface area contributed by atoms with Crippen LogP contribution < -0.4 is 11.1 Å². The van der Waals surface area contributed by atoms with Crippen LogP contribution in [0.3, 0.4) is 0 Å². The van der Waals surface area contributed by atoms with Crippen LogP contribution in [0.25, 0.3) is 0 Å². The number of amides is 1. The van der Waals surface area contributed by atoms with Gasteiger partial charge in [-0.15, -0.1) is 0 Å².